The number of benzene rings is 3. The Balaban J connectivity index is 1.41. The summed E-state index contributed by atoms with van der Waals surface area (Å²) in [5.41, 5.74) is 3.34. The molecule has 3 aromatic carbocycles. The lowest BCUT2D eigenvalue weighted by Gasteiger charge is -2.27. The van der Waals surface area contributed by atoms with Gasteiger partial charge in [-0.15, -0.1) is 0 Å². The van der Waals surface area contributed by atoms with Crippen LogP contribution >= 0.6 is 0 Å². The lowest BCUT2D eigenvalue weighted by molar-refractivity contribution is -0.138. The van der Waals surface area contributed by atoms with Crippen molar-refractivity contribution in [2.24, 2.45) is 0 Å². The van der Waals surface area contributed by atoms with Crippen molar-refractivity contribution < 1.29 is 28.6 Å². The van der Waals surface area contributed by atoms with Gasteiger partial charge in [0, 0.05) is 5.56 Å². The van der Waals surface area contributed by atoms with Gasteiger partial charge in [-0.25, -0.2) is 9.78 Å². The number of aromatic nitrogens is 1. The van der Waals surface area contributed by atoms with Gasteiger partial charge in [0.15, 0.2) is 0 Å². The molecule has 8 nitrogen and oxygen atoms in total. The van der Waals surface area contributed by atoms with E-state index in [0.717, 1.165) is 16.7 Å². The molecule has 1 N–H and O–H groups in total. The molecule has 4 aromatic rings. The molecule has 0 aliphatic rings. The number of carbonyl (C=O) groups excluding carboxylic acids is 1. The predicted molar refractivity (Wildman–Crippen MR) is 137 cm³/mol. The standard InChI is InChI=1S/C29H28N2O6/c1-19-9-13-25(14-10-19)37-29(34)31(17-27(32)33)20(2)22-11-15-24(16-12-22)35-18-26-21(3)36-28(30-26)23-7-5-4-6-8-23/h4-16,20H,17-18H2,1-3H3,(H,32,33)/t20-/m1/s1. The predicted octanol–water partition coefficient (Wildman–Crippen LogP) is 6.18. The molecular weight excluding hydrogens is 472 g/mol. The lowest BCUT2D eigenvalue weighted by atomic mass is 10.1. The summed E-state index contributed by atoms with van der Waals surface area (Å²) in [6.45, 7) is 5.24. The van der Waals surface area contributed by atoms with Crippen molar-refractivity contribution in [2.45, 2.75) is 33.4 Å². The summed E-state index contributed by atoms with van der Waals surface area (Å²) < 4.78 is 17.1. The van der Waals surface area contributed by atoms with E-state index in [2.05, 4.69) is 4.98 Å². The summed E-state index contributed by atoms with van der Waals surface area (Å²) in [6, 6.07) is 23.2. The number of carbonyl (C=O) groups is 2. The van der Waals surface area contributed by atoms with Crippen LogP contribution in [0.1, 0.15) is 35.5 Å². The fourth-order valence-electron chi connectivity index (χ4n) is 3.71. The van der Waals surface area contributed by atoms with Crippen LogP contribution in [-0.2, 0) is 11.4 Å². The second kappa shape index (κ2) is 11.4. The molecule has 1 atom stereocenters. The van der Waals surface area contributed by atoms with Gasteiger partial charge >= 0.3 is 12.1 Å². The molecule has 190 valence electrons. The summed E-state index contributed by atoms with van der Waals surface area (Å²) in [4.78, 5) is 30.0. The van der Waals surface area contributed by atoms with Crippen LogP contribution in [0.5, 0.6) is 11.5 Å². The number of hydrogen-bond donors (Lipinski definition) is 1. The first kappa shape index (κ1) is 25.5. The van der Waals surface area contributed by atoms with E-state index in [0.29, 0.717) is 28.8 Å². The van der Waals surface area contributed by atoms with E-state index in [1.165, 1.54) is 4.90 Å². The van der Waals surface area contributed by atoms with E-state index in [1.807, 2.05) is 56.3 Å². The third-order valence-electron chi connectivity index (χ3n) is 5.89. The van der Waals surface area contributed by atoms with Crippen LogP contribution in [-0.4, -0.2) is 33.6 Å². The fourth-order valence-corrected chi connectivity index (χ4v) is 3.71. The molecule has 0 aliphatic carbocycles. The first-order valence-electron chi connectivity index (χ1n) is 11.8. The molecule has 0 spiro atoms. The maximum Gasteiger partial charge on any atom is 0.416 e. The van der Waals surface area contributed by atoms with Gasteiger partial charge in [0.25, 0.3) is 0 Å². The molecule has 1 heterocycles. The van der Waals surface area contributed by atoms with Gasteiger partial charge in [0.05, 0.1) is 6.04 Å². The second-order valence-electron chi connectivity index (χ2n) is 8.62. The van der Waals surface area contributed by atoms with E-state index in [1.54, 1.807) is 43.3 Å². The molecule has 4 rings (SSSR count). The SMILES string of the molecule is Cc1ccc(OC(=O)N(CC(=O)O)[C@H](C)c2ccc(OCc3nc(-c4ccccc4)oc3C)cc2)cc1. The van der Waals surface area contributed by atoms with Crippen LogP contribution < -0.4 is 9.47 Å². The van der Waals surface area contributed by atoms with Crippen LogP contribution in [0.2, 0.25) is 0 Å². The fraction of sp³-hybridized carbons (Fsp3) is 0.207. The van der Waals surface area contributed by atoms with E-state index in [4.69, 9.17) is 13.9 Å². The number of ether oxygens (including phenoxy) is 2. The molecule has 37 heavy (non-hydrogen) atoms. The lowest BCUT2D eigenvalue weighted by Crippen LogP contribution is -2.39. The van der Waals surface area contributed by atoms with Gasteiger partial charge < -0.3 is 19.0 Å². The van der Waals surface area contributed by atoms with E-state index >= 15 is 0 Å². The van der Waals surface area contributed by atoms with Crippen LogP contribution in [0, 0.1) is 13.8 Å². The van der Waals surface area contributed by atoms with Gasteiger partial charge in [-0.3, -0.25) is 9.69 Å². The van der Waals surface area contributed by atoms with Crippen molar-refractivity contribution in [1.82, 2.24) is 9.88 Å². The van der Waals surface area contributed by atoms with Crippen LogP contribution in [0.4, 0.5) is 4.79 Å². The number of hydrogen-bond acceptors (Lipinski definition) is 6. The Bertz CT molecular complexity index is 1350. The minimum absolute atomic E-state index is 0.227. The van der Waals surface area contributed by atoms with Crippen LogP contribution in [0.15, 0.2) is 83.3 Å². The average Bonchev–Trinajstić information content (AvgIpc) is 3.28. The van der Waals surface area contributed by atoms with Gasteiger partial charge in [-0.2, -0.15) is 0 Å². The summed E-state index contributed by atoms with van der Waals surface area (Å²) in [7, 11) is 0. The Morgan fingerprint density at radius 3 is 2.24 bits per heavy atom. The Labute approximate surface area is 215 Å². The molecule has 0 unspecified atom stereocenters. The Hall–Kier alpha value is -4.59. The zero-order chi connectivity index (χ0) is 26.4. The maximum absolute atomic E-state index is 12.8. The third kappa shape index (κ3) is 6.55. The molecule has 0 saturated carbocycles. The van der Waals surface area contributed by atoms with Gasteiger partial charge in [0.2, 0.25) is 5.89 Å². The van der Waals surface area contributed by atoms with Crippen molar-refractivity contribution in [3.63, 3.8) is 0 Å². The molecule has 0 radical (unpaired) electrons. The summed E-state index contributed by atoms with van der Waals surface area (Å²) in [5, 5.41) is 9.37. The number of aliphatic carboxylic acids is 1. The minimum atomic E-state index is -1.13. The topological polar surface area (TPSA) is 102 Å². The highest BCUT2D eigenvalue weighted by Crippen LogP contribution is 2.26. The van der Waals surface area contributed by atoms with Crippen molar-refractivity contribution in [1.29, 1.82) is 0 Å². The Morgan fingerprint density at radius 1 is 0.946 bits per heavy atom. The van der Waals surface area contributed by atoms with Gasteiger partial charge in [-0.05, 0) is 62.7 Å². The first-order chi connectivity index (χ1) is 17.8. The Morgan fingerprint density at radius 2 is 1.59 bits per heavy atom. The second-order valence-corrected chi connectivity index (χ2v) is 8.62. The average molecular weight is 501 g/mol. The monoisotopic (exact) mass is 500 g/mol. The van der Waals surface area contributed by atoms with Gasteiger partial charge in [0.1, 0.15) is 36.1 Å². The van der Waals surface area contributed by atoms with Crippen molar-refractivity contribution in [3.8, 4) is 23.0 Å². The number of nitrogens with zero attached hydrogens (tertiary/aromatic N) is 2. The normalized spacial score (nSPS) is 11.5. The number of aryl methyl sites for hydroxylation is 2. The summed E-state index contributed by atoms with van der Waals surface area (Å²) in [5.74, 6) is 1.04. The van der Waals surface area contributed by atoms with Crippen molar-refractivity contribution in [3.05, 3.63) is 101 Å². The van der Waals surface area contributed by atoms with E-state index in [-0.39, 0.29) is 6.61 Å². The molecule has 0 aliphatic heterocycles. The summed E-state index contributed by atoms with van der Waals surface area (Å²) >= 11 is 0. The van der Waals surface area contributed by atoms with Crippen molar-refractivity contribution >= 4 is 12.1 Å². The molecule has 0 bridgehead atoms. The number of carboxylic acids is 1. The minimum Gasteiger partial charge on any atom is -0.487 e. The molecule has 0 fully saturated rings. The zero-order valence-corrected chi connectivity index (χ0v) is 20.9. The third-order valence-corrected chi connectivity index (χ3v) is 5.89. The maximum atomic E-state index is 12.8. The zero-order valence-electron chi connectivity index (χ0n) is 20.9. The van der Waals surface area contributed by atoms with Crippen molar-refractivity contribution in [2.75, 3.05) is 6.54 Å². The number of amides is 1. The number of rotatable bonds is 9. The highest BCUT2D eigenvalue weighted by molar-refractivity contribution is 5.78. The highest BCUT2D eigenvalue weighted by Gasteiger charge is 2.26. The van der Waals surface area contributed by atoms with Crippen LogP contribution in [0.3, 0.4) is 0 Å². The van der Waals surface area contributed by atoms with Gasteiger partial charge in [-0.1, -0.05) is 48.0 Å². The first-order valence-corrected chi connectivity index (χ1v) is 11.8. The quantitative estimate of drug-likeness (QED) is 0.293. The Kier molecular flexibility index (Phi) is 7.88. The molecule has 0 saturated heterocycles. The largest absolute Gasteiger partial charge is 0.487 e. The number of carboxylic acid groups (broad SMARTS) is 1. The van der Waals surface area contributed by atoms with E-state index < -0.39 is 24.6 Å². The molecule has 8 heteroatoms. The smallest absolute Gasteiger partial charge is 0.416 e. The highest BCUT2D eigenvalue weighted by atomic mass is 16.6. The molecular formula is C29H28N2O6. The number of oxazole rings is 1. The van der Waals surface area contributed by atoms with Crippen LogP contribution in [0.25, 0.3) is 11.5 Å². The summed E-state index contributed by atoms with van der Waals surface area (Å²) in [6.07, 6.45) is -0.741. The van der Waals surface area contributed by atoms with E-state index in [9.17, 15) is 14.7 Å². The molecule has 1 amide bonds. The molecule has 1 aromatic heterocycles.